The maximum atomic E-state index is 13.0. The summed E-state index contributed by atoms with van der Waals surface area (Å²) in [5.74, 6) is 0.0161. The van der Waals surface area contributed by atoms with Crippen molar-refractivity contribution in [2.24, 2.45) is 0 Å². The van der Waals surface area contributed by atoms with Crippen molar-refractivity contribution in [1.82, 2.24) is 10.2 Å². The average molecular weight is 357 g/mol. The zero-order chi connectivity index (χ0) is 18.0. The molecule has 1 saturated carbocycles. The van der Waals surface area contributed by atoms with Crippen LogP contribution in [0.5, 0.6) is 0 Å². The Morgan fingerprint density at radius 2 is 1.62 bits per heavy atom. The molecule has 3 aliphatic rings. The summed E-state index contributed by atoms with van der Waals surface area (Å²) in [5.41, 5.74) is 0.637. The fourth-order valence-electron chi connectivity index (χ4n) is 4.59. The molecule has 1 aliphatic carbocycles. The molecule has 6 heteroatoms. The maximum absolute atomic E-state index is 13.0. The number of quaternary nitrogens is 1. The minimum Gasteiger partial charge on any atom is -0.360 e. The van der Waals surface area contributed by atoms with Gasteiger partial charge < -0.3 is 15.1 Å². The van der Waals surface area contributed by atoms with Crippen LogP contribution in [0.15, 0.2) is 30.3 Å². The van der Waals surface area contributed by atoms with Gasteiger partial charge in [0, 0.05) is 5.69 Å². The number of imide groups is 1. The van der Waals surface area contributed by atoms with Crippen LogP contribution in [0.1, 0.15) is 38.5 Å². The van der Waals surface area contributed by atoms with E-state index in [1.165, 1.54) is 15.5 Å². The normalized spacial score (nSPS) is 24.0. The summed E-state index contributed by atoms with van der Waals surface area (Å²) in [7, 11) is 0. The van der Waals surface area contributed by atoms with Crippen LogP contribution in [0.3, 0.4) is 0 Å². The van der Waals surface area contributed by atoms with E-state index in [1.54, 1.807) is 0 Å². The molecule has 26 heavy (non-hydrogen) atoms. The second-order valence-electron chi connectivity index (χ2n) is 7.89. The lowest BCUT2D eigenvalue weighted by atomic mass is 9.90. The topological polar surface area (TPSA) is 57.1 Å². The van der Waals surface area contributed by atoms with Crippen molar-refractivity contribution in [3.63, 3.8) is 0 Å². The van der Waals surface area contributed by atoms with Crippen LogP contribution in [0.25, 0.3) is 0 Å². The lowest BCUT2D eigenvalue weighted by Gasteiger charge is -2.34. The number of carbonyl (C=O) groups excluding carboxylic acids is 2. The summed E-state index contributed by atoms with van der Waals surface area (Å²) < 4.78 is 0. The lowest BCUT2D eigenvalue weighted by molar-refractivity contribution is -0.907. The molecule has 2 saturated heterocycles. The molecule has 0 radical (unpaired) electrons. The highest BCUT2D eigenvalue weighted by atomic mass is 16.2. The van der Waals surface area contributed by atoms with Gasteiger partial charge in [-0.3, -0.25) is 4.79 Å². The molecule has 4 rings (SSSR count). The Balaban J connectivity index is 1.36. The van der Waals surface area contributed by atoms with Crippen LogP contribution in [0, 0.1) is 0 Å². The third kappa shape index (κ3) is 3.30. The van der Waals surface area contributed by atoms with Crippen molar-refractivity contribution < 1.29 is 14.5 Å². The van der Waals surface area contributed by atoms with E-state index in [1.807, 2.05) is 6.07 Å². The largest absolute Gasteiger partial charge is 0.360 e. The summed E-state index contributed by atoms with van der Waals surface area (Å²) >= 11 is 0. The van der Waals surface area contributed by atoms with Crippen LogP contribution >= 0.6 is 0 Å². The summed E-state index contributed by atoms with van der Waals surface area (Å²) in [6, 6.07) is 10.2. The number of urea groups is 1. The molecule has 1 spiro atoms. The van der Waals surface area contributed by atoms with Crippen LogP contribution < -0.4 is 15.1 Å². The molecule has 2 heterocycles. The second-order valence-corrected chi connectivity index (χ2v) is 7.89. The molecule has 140 valence electrons. The van der Waals surface area contributed by atoms with E-state index in [0.717, 1.165) is 64.7 Å². The number of rotatable bonds is 3. The Labute approximate surface area is 155 Å². The zero-order valence-corrected chi connectivity index (χ0v) is 15.4. The predicted molar refractivity (Wildman–Crippen MR) is 100 cm³/mol. The van der Waals surface area contributed by atoms with E-state index >= 15 is 0 Å². The van der Waals surface area contributed by atoms with Crippen molar-refractivity contribution in [3.8, 4) is 0 Å². The number of nitrogens with zero attached hydrogens (tertiary/aromatic N) is 2. The van der Waals surface area contributed by atoms with Crippen molar-refractivity contribution in [3.05, 3.63) is 30.3 Å². The van der Waals surface area contributed by atoms with E-state index in [4.69, 9.17) is 0 Å². The van der Waals surface area contributed by atoms with Crippen LogP contribution in [-0.2, 0) is 4.79 Å². The summed E-state index contributed by atoms with van der Waals surface area (Å²) in [6.45, 7) is 4.29. The Kier molecular flexibility index (Phi) is 4.85. The van der Waals surface area contributed by atoms with Gasteiger partial charge in [-0.1, -0.05) is 43.9 Å². The number of hydrogen-bond donors (Lipinski definition) is 2. The van der Waals surface area contributed by atoms with Gasteiger partial charge in [0.1, 0.15) is 5.54 Å². The number of para-hydroxylation sites is 1. The fourth-order valence-corrected chi connectivity index (χ4v) is 4.59. The summed E-state index contributed by atoms with van der Waals surface area (Å²) in [4.78, 5) is 30.7. The monoisotopic (exact) mass is 357 g/mol. The molecule has 0 unspecified atom stereocenters. The van der Waals surface area contributed by atoms with Crippen LogP contribution in [-0.4, -0.2) is 55.2 Å². The first-order valence-corrected chi connectivity index (χ1v) is 9.96. The Morgan fingerprint density at radius 3 is 2.27 bits per heavy atom. The predicted octanol–water partition coefficient (Wildman–Crippen LogP) is 0.994. The number of hydrogen-bond acceptors (Lipinski definition) is 3. The summed E-state index contributed by atoms with van der Waals surface area (Å²) in [5, 5.41) is 3.05. The van der Waals surface area contributed by atoms with Crippen LogP contribution in [0.2, 0.25) is 0 Å². The first kappa shape index (κ1) is 17.3. The molecule has 0 bridgehead atoms. The number of benzene rings is 1. The smallest absolute Gasteiger partial charge is 0.329 e. The van der Waals surface area contributed by atoms with Gasteiger partial charge in [0.15, 0.2) is 6.67 Å². The van der Waals surface area contributed by atoms with Crippen molar-refractivity contribution in [1.29, 1.82) is 0 Å². The molecule has 0 aromatic heterocycles. The molecular formula is C20H29N4O2+. The Bertz CT molecular complexity index is 647. The average Bonchev–Trinajstić information content (AvgIpc) is 2.84. The number of amides is 3. The molecule has 2 aliphatic heterocycles. The number of piperazine rings is 1. The van der Waals surface area contributed by atoms with Gasteiger partial charge in [-0.2, -0.15) is 0 Å². The number of carbonyl (C=O) groups is 2. The van der Waals surface area contributed by atoms with Gasteiger partial charge in [-0.05, 0) is 25.0 Å². The molecule has 1 aromatic carbocycles. The Hall–Kier alpha value is -2.08. The Morgan fingerprint density at radius 1 is 0.962 bits per heavy atom. The third-order valence-corrected chi connectivity index (χ3v) is 6.18. The maximum Gasteiger partial charge on any atom is 0.329 e. The van der Waals surface area contributed by atoms with Gasteiger partial charge in [0.2, 0.25) is 0 Å². The number of nitrogens with one attached hydrogen (secondary N) is 2. The van der Waals surface area contributed by atoms with E-state index in [9.17, 15) is 9.59 Å². The van der Waals surface area contributed by atoms with Gasteiger partial charge in [0.25, 0.3) is 5.91 Å². The van der Waals surface area contributed by atoms with Gasteiger partial charge in [-0.15, -0.1) is 0 Å². The van der Waals surface area contributed by atoms with E-state index in [-0.39, 0.29) is 11.9 Å². The van der Waals surface area contributed by atoms with Crippen molar-refractivity contribution >= 4 is 17.6 Å². The minimum atomic E-state index is -0.612. The van der Waals surface area contributed by atoms with E-state index < -0.39 is 5.54 Å². The lowest BCUT2D eigenvalue weighted by Crippen LogP contribution is -3.16. The van der Waals surface area contributed by atoms with Gasteiger partial charge >= 0.3 is 6.03 Å². The minimum absolute atomic E-state index is 0.0161. The van der Waals surface area contributed by atoms with Crippen LogP contribution in [0.4, 0.5) is 10.5 Å². The number of anilines is 1. The quantitative estimate of drug-likeness (QED) is 0.794. The molecule has 3 fully saturated rings. The van der Waals surface area contributed by atoms with E-state index in [0.29, 0.717) is 6.67 Å². The first-order chi connectivity index (χ1) is 12.7. The highest BCUT2D eigenvalue weighted by Gasteiger charge is 2.51. The summed E-state index contributed by atoms with van der Waals surface area (Å²) in [6.07, 6.45) is 5.98. The zero-order valence-electron chi connectivity index (χ0n) is 15.4. The first-order valence-electron chi connectivity index (χ1n) is 9.96. The molecule has 2 N–H and O–H groups in total. The van der Waals surface area contributed by atoms with Crippen molar-refractivity contribution in [2.75, 3.05) is 37.7 Å². The third-order valence-electron chi connectivity index (χ3n) is 6.18. The SMILES string of the molecule is O=C1NC2(CCCCCC2)C(=O)N1C[NH+]1CCN(c2ccccc2)CC1. The second kappa shape index (κ2) is 7.27. The highest BCUT2D eigenvalue weighted by molar-refractivity contribution is 6.06. The molecule has 1 aromatic rings. The highest BCUT2D eigenvalue weighted by Crippen LogP contribution is 2.32. The van der Waals surface area contributed by atoms with Crippen molar-refractivity contribution in [2.45, 2.75) is 44.1 Å². The molecule has 0 atom stereocenters. The molecule has 6 nitrogen and oxygen atoms in total. The van der Waals surface area contributed by atoms with E-state index in [2.05, 4.69) is 34.5 Å². The van der Waals surface area contributed by atoms with Gasteiger partial charge in [0.05, 0.1) is 26.2 Å². The molecule has 3 amide bonds. The fraction of sp³-hybridized carbons (Fsp3) is 0.600. The standard InChI is InChI=1S/C20H28N4O2/c25-18-20(10-6-1-2-7-11-20)21-19(26)24(18)16-22-12-14-23(15-13-22)17-8-4-3-5-9-17/h3-5,8-9H,1-2,6-7,10-16H2,(H,21,26)/p+1. The molecular weight excluding hydrogens is 328 g/mol. The van der Waals surface area contributed by atoms with Gasteiger partial charge in [-0.25, -0.2) is 9.69 Å².